The number of hydrogen-bond donors (Lipinski definition) is 2. The van der Waals surface area contributed by atoms with Gasteiger partial charge in [0.25, 0.3) is 15.9 Å². The van der Waals surface area contributed by atoms with E-state index < -0.39 is 22.3 Å². The number of sulfonamides is 1. The Morgan fingerprint density at radius 3 is 2.79 bits per heavy atom. The standard InChI is InChI=1S/C27H23FN4O6S/c28-26-12-17(10-11-36-26)16-37-23-9-8-19(13-18(23)14-29)39(34,35)32-27(33)20-4-1-2-6-24(20)38-25-7-3-5-22-21(25)15-30-31-22/h1-9,13,15,17,26H,10-12,16H2,(H,30,31)(H,32,33). The number of amides is 1. The van der Waals surface area contributed by atoms with Crippen LogP contribution in [0.5, 0.6) is 17.2 Å². The number of benzene rings is 3. The van der Waals surface area contributed by atoms with Crippen molar-refractivity contribution in [2.45, 2.75) is 24.1 Å². The zero-order valence-corrected chi connectivity index (χ0v) is 21.3. The highest BCUT2D eigenvalue weighted by molar-refractivity contribution is 7.90. The maximum Gasteiger partial charge on any atom is 0.268 e. The molecule has 1 aromatic heterocycles. The maximum absolute atomic E-state index is 13.5. The Morgan fingerprint density at radius 1 is 1.15 bits per heavy atom. The molecule has 1 aliphatic heterocycles. The highest BCUT2D eigenvalue weighted by atomic mass is 32.2. The van der Waals surface area contributed by atoms with Crippen LogP contribution in [-0.2, 0) is 14.8 Å². The van der Waals surface area contributed by atoms with E-state index in [2.05, 4.69) is 10.2 Å². The van der Waals surface area contributed by atoms with Gasteiger partial charge in [0.1, 0.15) is 23.3 Å². The molecule has 1 fully saturated rings. The number of halogens is 1. The number of aromatic nitrogens is 2. The summed E-state index contributed by atoms with van der Waals surface area (Å²) in [4.78, 5) is 12.8. The predicted molar refractivity (Wildman–Crippen MR) is 137 cm³/mol. The summed E-state index contributed by atoms with van der Waals surface area (Å²) in [5, 5.41) is 17.1. The molecule has 2 heterocycles. The smallest absolute Gasteiger partial charge is 0.268 e. The summed E-state index contributed by atoms with van der Waals surface area (Å²) in [6, 6.07) is 17.1. The van der Waals surface area contributed by atoms with Crippen LogP contribution in [0.25, 0.3) is 10.9 Å². The van der Waals surface area contributed by atoms with E-state index in [0.717, 1.165) is 11.6 Å². The lowest BCUT2D eigenvalue weighted by Gasteiger charge is -2.25. The Kier molecular flexibility index (Phi) is 7.44. The van der Waals surface area contributed by atoms with Crippen LogP contribution in [0.15, 0.2) is 71.8 Å². The third-order valence-corrected chi connectivity index (χ3v) is 7.55. The number of para-hydroxylation sites is 1. The molecule has 1 saturated heterocycles. The number of rotatable bonds is 8. The largest absolute Gasteiger partial charge is 0.492 e. The molecule has 0 spiro atoms. The minimum atomic E-state index is -4.36. The number of nitrogens with zero attached hydrogens (tertiary/aromatic N) is 2. The lowest BCUT2D eigenvalue weighted by molar-refractivity contribution is -0.0916. The fraction of sp³-hybridized carbons (Fsp3) is 0.222. The molecule has 4 aromatic rings. The molecule has 0 radical (unpaired) electrons. The van der Waals surface area contributed by atoms with E-state index in [4.69, 9.17) is 14.2 Å². The average Bonchev–Trinajstić information content (AvgIpc) is 3.42. The molecule has 0 aliphatic carbocycles. The Labute approximate surface area is 223 Å². The minimum absolute atomic E-state index is 0.00957. The fourth-order valence-electron chi connectivity index (χ4n) is 4.19. The van der Waals surface area contributed by atoms with Crippen molar-refractivity contribution < 1.29 is 31.8 Å². The topological polar surface area (TPSA) is 143 Å². The second kappa shape index (κ2) is 11.1. The number of hydrogen-bond acceptors (Lipinski definition) is 8. The second-order valence-corrected chi connectivity index (χ2v) is 10.6. The van der Waals surface area contributed by atoms with Crippen molar-refractivity contribution in [3.05, 3.63) is 78.0 Å². The van der Waals surface area contributed by atoms with Crippen LogP contribution in [-0.4, -0.2) is 44.1 Å². The van der Waals surface area contributed by atoms with Gasteiger partial charge in [0.15, 0.2) is 6.36 Å². The zero-order valence-electron chi connectivity index (χ0n) is 20.5. The van der Waals surface area contributed by atoms with Crippen LogP contribution >= 0.6 is 0 Å². The summed E-state index contributed by atoms with van der Waals surface area (Å²) in [6.45, 7) is 0.439. The van der Waals surface area contributed by atoms with Crippen molar-refractivity contribution in [3.63, 3.8) is 0 Å². The van der Waals surface area contributed by atoms with Crippen LogP contribution in [0.4, 0.5) is 4.39 Å². The van der Waals surface area contributed by atoms with Gasteiger partial charge in [0.2, 0.25) is 0 Å². The maximum atomic E-state index is 13.5. The van der Waals surface area contributed by atoms with Crippen molar-refractivity contribution in [2.24, 2.45) is 5.92 Å². The Morgan fingerprint density at radius 2 is 1.97 bits per heavy atom. The molecule has 39 heavy (non-hydrogen) atoms. The summed E-state index contributed by atoms with van der Waals surface area (Å²) in [6.07, 6.45) is 1.03. The Hall–Kier alpha value is -4.47. The number of nitrogens with one attached hydrogen (secondary N) is 2. The van der Waals surface area contributed by atoms with Gasteiger partial charge in [-0.2, -0.15) is 10.4 Å². The van der Waals surface area contributed by atoms with E-state index in [1.165, 1.54) is 18.2 Å². The molecule has 5 rings (SSSR count). The van der Waals surface area contributed by atoms with E-state index in [9.17, 15) is 22.9 Å². The van der Waals surface area contributed by atoms with Gasteiger partial charge in [-0.05, 0) is 48.9 Å². The van der Waals surface area contributed by atoms with Crippen LogP contribution in [0.1, 0.15) is 28.8 Å². The summed E-state index contributed by atoms with van der Waals surface area (Å²) in [5.74, 6) is -0.267. The Balaban J connectivity index is 1.32. The van der Waals surface area contributed by atoms with Crippen molar-refractivity contribution in [1.82, 2.24) is 14.9 Å². The van der Waals surface area contributed by atoms with Crippen molar-refractivity contribution >= 4 is 26.8 Å². The normalized spacial score (nSPS) is 17.3. The first-order valence-corrected chi connectivity index (χ1v) is 13.5. The first kappa shape index (κ1) is 26.1. The molecule has 1 amide bonds. The molecule has 0 saturated carbocycles. The monoisotopic (exact) mass is 550 g/mol. The van der Waals surface area contributed by atoms with E-state index in [1.54, 1.807) is 36.5 Å². The van der Waals surface area contributed by atoms with E-state index in [-0.39, 0.29) is 53.1 Å². The summed E-state index contributed by atoms with van der Waals surface area (Å²) < 4.78 is 58.1. The van der Waals surface area contributed by atoms with Gasteiger partial charge >= 0.3 is 0 Å². The van der Waals surface area contributed by atoms with Crippen LogP contribution in [0.3, 0.4) is 0 Å². The predicted octanol–water partition coefficient (Wildman–Crippen LogP) is 4.45. The first-order valence-electron chi connectivity index (χ1n) is 12.0. The van der Waals surface area contributed by atoms with Gasteiger partial charge in [-0.25, -0.2) is 17.5 Å². The number of aromatic amines is 1. The lowest BCUT2D eigenvalue weighted by atomic mass is 10.0. The van der Waals surface area contributed by atoms with Gasteiger partial charge < -0.3 is 14.2 Å². The summed E-state index contributed by atoms with van der Waals surface area (Å²) in [7, 11) is -4.36. The Bertz CT molecular complexity index is 1670. The molecule has 0 bridgehead atoms. The molecule has 1 aliphatic rings. The highest BCUT2D eigenvalue weighted by Gasteiger charge is 2.25. The van der Waals surface area contributed by atoms with Crippen LogP contribution < -0.4 is 14.2 Å². The summed E-state index contributed by atoms with van der Waals surface area (Å²) in [5.41, 5.74) is 0.688. The third kappa shape index (κ3) is 5.84. The molecule has 2 unspecified atom stereocenters. The van der Waals surface area contributed by atoms with Crippen molar-refractivity contribution in [3.8, 4) is 23.3 Å². The third-order valence-electron chi connectivity index (χ3n) is 6.22. The lowest BCUT2D eigenvalue weighted by Crippen LogP contribution is -2.31. The number of ether oxygens (including phenoxy) is 3. The van der Waals surface area contributed by atoms with Crippen molar-refractivity contribution in [2.75, 3.05) is 13.2 Å². The van der Waals surface area contributed by atoms with E-state index >= 15 is 0 Å². The SMILES string of the molecule is N#Cc1cc(S(=O)(=O)NC(=O)c2ccccc2Oc2cccc3[nH]ncc23)ccc1OCC1CCOC(F)C1. The molecule has 2 N–H and O–H groups in total. The molecule has 200 valence electrons. The quantitative estimate of drug-likeness (QED) is 0.328. The highest BCUT2D eigenvalue weighted by Crippen LogP contribution is 2.31. The number of nitriles is 1. The molecular formula is C27H23FN4O6S. The van der Waals surface area contributed by atoms with Gasteiger partial charge in [-0.3, -0.25) is 9.89 Å². The van der Waals surface area contributed by atoms with E-state index in [0.29, 0.717) is 17.6 Å². The molecule has 10 nitrogen and oxygen atoms in total. The number of alkyl halides is 1. The summed E-state index contributed by atoms with van der Waals surface area (Å²) >= 11 is 0. The van der Waals surface area contributed by atoms with Crippen LogP contribution in [0, 0.1) is 17.2 Å². The molecular weight excluding hydrogens is 527 g/mol. The van der Waals surface area contributed by atoms with Crippen molar-refractivity contribution in [1.29, 1.82) is 5.26 Å². The van der Waals surface area contributed by atoms with Crippen LogP contribution in [0.2, 0.25) is 0 Å². The minimum Gasteiger partial charge on any atom is -0.492 e. The average molecular weight is 551 g/mol. The zero-order chi connectivity index (χ0) is 27.4. The first-order chi connectivity index (χ1) is 18.8. The van der Waals surface area contributed by atoms with Gasteiger partial charge in [0, 0.05) is 12.3 Å². The number of H-pyrrole nitrogens is 1. The number of carbonyl (C=O) groups excluding carboxylic acids is 1. The fourth-order valence-corrected chi connectivity index (χ4v) is 5.18. The second-order valence-electron chi connectivity index (χ2n) is 8.87. The number of fused-ring (bicyclic) bond motifs is 1. The van der Waals surface area contributed by atoms with Gasteiger partial charge in [-0.15, -0.1) is 0 Å². The van der Waals surface area contributed by atoms with Gasteiger partial charge in [0.05, 0.1) is 46.3 Å². The molecule has 2 atom stereocenters. The van der Waals surface area contributed by atoms with Gasteiger partial charge in [-0.1, -0.05) is 18.2 Å². The molecule has 3 aromatic carbocycles. The van der Waals surface area contributed by atoms with E-state index in [1.807, 2.05) is 16.9 Å². The molecule has 12 heteroatoms. The number of carbonyl (C=O) groups is 1.